The van der Waals surface area contributed by atoms with Crippen molar-refractivity contribution in [3.63, 3.8) is 0 Å². The van der Waals surface area contributed by atoms with Crippen LogP contribution in [0, 0.1) is 23.7 Å². The monoisotopic (exact) mass is 1400 g/mol. The third-order valence-corrected chi connectivity index (χ3v) is 19.7. The van der Waals surface area contributed by atoms with Crippen molar-refractivity contribution < 1.29 is 63.9 Å². The lowest BCUT2D eigenvalue weighted by Gasteiger charge is -2.28. The molecule has 0 bridgehead atoms. The van der Waals surface area contributed by atoms with Crippen molar-refractivity contribution in [1.82, 2.24) is 46.1 Å². The molecule has 32 nitrogen and oxygen atoms in total. The fourth-order valence-corrected chi connectivity index (χ4v) is 13.6. The molecule has 3 unspecified atom stereocenters. The second-order valence-corrected chi connectivity index (χ2v) is 28.3. The smallest absolute Gasteiger partial charge is 0.323 e. The third kappa shape index (κ3) is 34.8. The number of amides is 6. The number of nitrogens with two attached hydrogens (primary N) is 6. The van der Waals surface area contributed by atoms with E-state index >= 15 is 0 Å². The highest BCUT2D eigenvalue weighted by molar-refractivity contribution is 7.90. The molecule has 534 valence electrons. The minimum absolute atomic E-state index is 0.00170. The number of rotatable bonds is 37. The van der Waals surface area contributed by atoms with Crippen molar-refractivity contribution in [3.05, 3.63) is 91.0 Å². The number of carbonyl (C=O) groups is 7. The number of aliphatic imine (C=N–C) groups is 3. The zero-order valence-corrected chi connectivity index (χ0v) is 56.9. The predicted molar refractivity (Wildman–Crippen MR) is 364 cm³/mol. The Morgan fingerprint density at radius 2 is 0.812 bits per heavy atom. The van der Waals surface area contributed by atoms with E-state index in [4.69, 9.17) is 34.4 Å². The number of benzene rings is 3. The molecule has 0 saturated heterocycles. The van der Waals surface area contributed by atoms with Crippen molar-refractivity contribution in [2.24, 2.45) is 73.1 Å². The molecular weight excluding hydrogens is 1300 g/mol. The third-order valence-electron chi connectivity index (χ3n) is 15.0. The van der Waals surface area contributed by atoms with E-state index in [1.165, 1.54) is 48.5 Å². The van der Waals surface area contributed by atoms with Crippen LogP contribution in [-0.4, -0.2) is 167 Å². The average Bonchev–Trinajstić information content (AvgIpc) is 1.01. The molecular formula is C61H98N18O14S3. The number of carboxylic acid groups (broad SMARTS) is 1. The highest BCUT2D eigenvalue weighted by atomic mass is 32.2. The quantitative estimate of drug-likeness (QED) is 0.0187. The van der Waals surface area contributed by atoms with E-state index in [1.807, 2.05) is 0 Å². The molecule has 2 saturated carbocycles. The largest absolute Gasteiger partial charge is 0.480 e. The molecule has 3 aromatic rings. The normalized spacial score (nSPS) is 17.0. The van der Waals surface area contributed by atoms with E-state index < -0.39 is 54.2 Å². The van der Waals surface area contributed by atoms with Crippen LogP contribution in [-0.2, 0) is 63.6 Å². The average molecular weight is 1400 g/mol. The van der Waals surface area contributed by atoms with Gasteiger partial charge in [-0.15, -0.1) is 0 Å². The molecule has 96 heavy (non-hydrogen) atoms. The first-order valence-electron chi connectivity index (χ1n) is 31.7. The fraction of sp³-hybridized carbons (Fsp3) is 0.541. The SMILES string of the molecule is CC(CC(=O)NCC1CCC(C(=O)NCCCN=C(N)N)CC1)NS(=O)(=O)c1ccccc1.CC(CNC(=O)CCNC(=O)CCCN=C(N)N)NS(=O)(=O)c1ccccc1.NC(N)=NCCCC(=O)NCC1CCC(C(=O)NCC(NS(=O)(=O)c2ccccc2)C(=O)O)CC1. The summed E-state index contributed by atoms with van der Waals surface area (Å²) in [4.78, 5) is 95.7. The molecule has 3 atom stereocenters. The first-order valence-corrected chi connectivity index (χ1v) is 36.1. The standard InChI is InChI=1S/C22H34N6O6S.C22H36N6O4S.C17H28N6O4S/c23-22(24)25-12-4-7-19(29)26-13-15-8-10-16(11-9-15)20(30)27-14-18(21(31)32)28-35(33,34)17-5-2-1-3-6-17;1-16(28-33(31,32)19-6-3-2-4-7-19)14-20(29)27-15-17-8-10-18(11-9-17)21(30)25-12-5-13-26-22(23)24;1-13(23-28(26,27)14-6-3-2-4-7-14)12-22-16(25)9-11-20-15(24)8-5-10-21-17(18)19/h1-3,5-6,15-16,18,28H,4,7-14H2,(H,26,29)(H,27,30)(H,31,32)(H4,23,24,25);2-4,6-7,16-18,28H,5,8-15H2,1H3,(H,25,30)(H,27,29)(H4,23,24,26);2-4,6-7,13,23H,5,8-12H2,1H3,(H,20,24)(H,22,25)(H4,18,19,21). The summed E-state index contributed by atoms with van der Waals surface area (Å²) in [5.74, 6) is -2.08. The van der Waals surface area contributed by atoms with Crippen LogP contribution in [0.25, 0.3) is 0 Å². The Kier molecular flexibility index (Phi) is 37.1. The highest BCUT2D eigenvalue weighted by Crippen LogP contribution is 2.30. The summed E-state index contributed by atoms with van der Waals surface area (Å²) in [6.45, 7) is 6.13. The minimum atomic E-state index is -4.04. The predicted octanol–water partition coefficient (Wildman–Crippen LogP) is -1.01. The molecule has 0 radical (unpaired) electrons. The summed E-state index contributed by atoms with van der Waals surface area (Å²) in [6.07, 6.45) is 8.48. The number of guanidine groups is 3. The fourth-order valence-electron chi connectivity index (χ4n) is 9.84. The lowest BCUT2D eigenvalue weighted by Crippen LogP contribution is -2.49. The van der Waals surface area contributed by atoms with Gasteiger partial charge in [-0.2, -0.15) is 4.72 Å². The first kappa shape index (κ1) is 81.7. The van der Waals surface area contributed by atoms with Gasteiger partial charge in [-0.25, -0.2) is 34.7 Å². The summed E-state index contributed by atoms with van der Waals surface area (Å²) >= 11 is 0. The van der Waals surface area contributed by atoms with Crippen LogP contribution in [0.1, 0.15) is 110 Å². The summed E-state index contributed by atoms with van der Waals surface area (Å²) < 4.78 is 81.0. The van der Waals surface area contributed by atoms with Gasteiger partial charge in [0.25, 0.3) is 0 Å². The summed E-state index contributed by atoms with van der Waals surface area (Å²) in [5.41, 5.74) is 31.4. The molecule has 2 aliphatic carbocycles. The molecule has 5 rings (SSSR count). The zero-order valence-electron chi connectivity index (χ0n) is 54.5. The van der Waals surface area contributed by atoms with E-state index in [1.54, 1.807) is 56.3 Å². The number of carbonyl (C=O) groups excluding carboxylic acids is 6. The Hall–Kier alpha value is -8.51. The zero-order chi connectivity index (χ0) is 71.1. The molecule has 0 aliphatic heterocycles. The van der Waals surface area contributed by atoms with Crippen LogP contribution in [0.3, 0.4) is 0 Å². The summed E-state index contributed by atoms with van der Waals surface area (Å²) in [7, 11) is -11.3. The molecule has 22 N–H and O–H groups in total. The first-order chi connectivity index (χ1) is 45.5. The number of carboxylic acids is 1. The van der Waals surface area contributed by atoms with Crippen molar-refractivity contribution in [1.29, 1.82) is 0 Å². The Balaban J connectivity index is 0.000000378. The molecule has 6 amide bonds. The van der Waals surface area contributed by atoms with Crippen LogP contribution >= 0.6 is 0 Å². The van der Waals surface area contributed by atoms with Gasteiger partial charge in [0.05, 0.1) is 14.7 Å². The van der Waals surface area contributed by atoms with E-state index in [0.29, 0.717) is 83.7 Å². The van der Waals surface area contributed by atoms with Crippen LogP contribution in [0.2, 0.25) is 0 Å². The van der Waals surface area contributed by atoms with Gasteiger partial charge in [0, 0.05) is 109 Å². The summed E-state index contributed by atoms with van der Waals surface area (Å²) in [5, 5.41) is 26.0. The number of nitrogens with zero attached hydrogens (tertiary/aromatic N) is 3. The maximum Gasteiger partial charge on any atom is 0.323 e. The molecule has 3 aromatic carbocycles. The van der Waals surface area contributed by atoms with Gasteiger partial charge in [0.2, 0.25) is 65.5 Å². The van der Waals surface area contributed by atoms with E-state index in [-0.39, 0.29) is 125 Å². The van der Waals surface area contributed by atoms with Crippen LogP contribution in [0.5, 0.6) is 0 Å². The van der Waals surface area contributed by atoms with Crippen molar-refractivity contribution >= 4 is 89.4 Å². The Labute approximate surface area is 562 Å². The van der Waals surface area contributed by atoms with Gasteiger partial charge in [-0.05, 0) is 133 Å². The Morgan fingerprint density at radius 1 is 0.438 bits per heavy atom. The molecule has 0 spiro atoms. The van der Waals surface area contributed by atoms with Crippen molar-refractivity contribution in [2.75, 3.05) is 58.9 Å². The van der Waals surface area contributed by atoms with Gasteiger partial charge < -0.3 is 71.4 Å². The Morgan fingerprint density at radius 3 is 1.24 bits per heavy atom. The number of nitrogens with one attached hydrogen (secondary N) is 9. The lowest BCUT2D eigenvalue weighted by molar-refractivity contribution is -0.139. The van der Waals surface area contributed by atoms with Gasteiger partial charge >= 0.3 is 5.97 Å². The van der Waals surface area contributed by atoms with Crippen molar-refractivity contribution in [3.8, 4) is 0 Å². The van der Waals surface area contributed by atoms with E-state index in [9.17, 15) is 63.9 Å². The number of hydrogen-bond donors (Lipinski definition) is 16. The highest BCUT2D eigenvalue weighted by Gasteiger charge is 2.31. The van der Waals surface area contributed by atoms with Gasteiger partial charge in [-0.3, -0.25) is 48.5 Å². The Bertz CT molecular complexity index is 3350. The van der Waals surface area contributed by atoms with Gasteiger partial charge in [0.1, 0.15) is 6.04 Å². The summed E-state index contributed by atoms with van der Waals surface area (Å²) in [6, 6.07) is 21.0. The molecule has 0 aromatic heterocycles. The van der Waals surface area contributed by atoms with Crippen LogP contribution in [0.4, 0.5) is 0 Å². The number of hydrogen-bond acceptors (Lipinski definition) is 16. The van der Waals surface area contributed by atoms with E-state index in [0.717, 1.165) is 38.5 Å². The minimum Gasteiger partial charge on any atom is -0.480 e. The van der Waals surface area contributed by atoms with Gasteiger partial charge in [-0.1, -0.05) is 54.6 Å². The number of aliphatic carboxylic acids is 1. The topological polar surface area (TPSA) is 544 Å². The molecule has 2 aliphatic rings. The molecule has 0 heterocycles. The van der Waals surface area contributed by atoms with Gasteiger partial charge in [0.15, 0.2) is 17.9 Å². The molecule has 35 heteroatoms. The van der Waals surface area contributed by atoms with Crippen molar-refractivity contribution in [2.45, 2.75) is 143 Å². The second kappa shape index (κ2) is 43.5. The lowest BCUT2D eigenvalue weighted by atomic mass is 9.81. The van der Waals surface area contributed by atoms with Crippen LogP contribution in [0.15, 0.2) is 121 Å². The maximum atomic E-state index is 12.5. The second-order valence-electron chi connectivity index (χ2n) is 23.2. The van der Waals surface area contributed by atoms with E-state index in [2.05, 4.69) is 61.0 Å². The number of sulfonamides is 3. The maximum absolute atomic E-state index is 12.5. The van der Waals surface area contributed by atoms with Crippen LogP contribution < -0.4 is 80.5 Å². The molecule has 2 fully saturated rings.